The van der Waals surface area contributed by atoms with Gasteiger partial charge in [-0.1, -0.05) is 66.7 Å². The Kier molecular flexibility index (Phi) is 2.78. The van der Waals surface area contributed by atoms with Gasteiger partial charge in [-0.15, -0.1) is 0 Å². The lowest BCUT2D eigenvalue weighted by Gasteiger charge is -2.09. The second-order valence-electron chi connectivity index (χ2n) is 6.97. The highest BCUT2D eigenvalue weighted by Gasteiger charge is 2.26. The van der Waals surface area contributed by atoms with Gasteiger partial charge in [-0.05, 0) is 35.4 Å². The molecule has 4 aromatic carbocycles. The smallest absolute Gasteiger partial charge is 0.194 e. The van der Waals surface area contributed by atoms with Crippen LogP contribution < -0.4 is 0 Å². The van der Waals surface area contributed by atoms with Crippen molar-refractivity contribution in [1.82, 2.24) is 4.57 Å². The lowest BCUT2D eigenvalue weighted by atomic mass is 10.1. The van der Waals surface area contributed by atoms with Crippen LogP contribution in [0.1, 0.15) is 15.9 Å². The Bertz CT molecular complexity index is 1340. The molecular formula is C25H15NO. The third kappa shape index (κ3) is 1.87. The van der Waals surface area contributed by atoms with Crippen LogP contribution in [-0.4, -0.2) is 10.4 Å². The summed E-state index contributed by atoms with van der Waals surface area (Å²) >= 11 is 0. The first-order valence-electron chi connectivity index (χ1n) is 9.10. The molecule has 1 aliphatic carbocycles. The molecule has 0 saturated heterocycles. The second-order valence-corrected chi connectivity index (χ2v) is 6.97. The molecule has 0 saturated carbocycles. The minimum Gasteiger partial charge on any atom is -0.309 e. The summed E-state index contributed by atoms with van der Waals surface area (Å²) in [4.78, 5) is 12.9. The van der Waals surface area contributed by atoms with E-state index in [1.807, 2.05) is 30.3 Å². The lowest BCUT2D eigenvalue weighted by Crippen LogP contribution is -1.99. The Morgan fingerprint density at radius 2 is 1.07 bits per heavy atom. The van der Waals surface area contributed by atoms with Gasteiger partial charge in [0.15, 0.2) is 5.78 Å². The molecule has 0 aliphatic heterocycles. The van der Waals surface area contributed by atoms with E-state index in [2.05, 4.69) is 65.2 Å². The Morgan fingerprint density at radius 1 is 0.519 bits per heavy atom. The maximum atomic E-state index is 12.9. The fourth-order valence-corrected chi connectivity index (χ4v) is 4.36. The van der Waals surface area contributed by atoms with Crippen LogP contribution in [0.25, 0.3) is 38.6 Å². The van der Waals surface area contributed by atoms with Crippen LogP contribution in [0.4, 0.5) is 0 Å². The molecule has 0 atom stereocenters. The van der Waals surface area contributed by atoms with Gasteiger partial charge in [-0.3, -0.25) is 4.79 Å². The van der Waals surface area contributed by atoms with Gasteiger partial charge in [-0.2, -0.15) is 0 Å². The van der Waals surface area contributed by atoms with Crippen LogP contribution in [0.5, 0.6) is 0 Å². The zero-order valence-corrected chi connectivity index (χ0v) is 14.5. The van der Waals surface area contributed by atoms with E-state index in [-0.39, 0.29) is 5.78 Å². The Hall–Kier alpha value is -3.65. The number of ketones is 1. The molecule has 0 N–H and O–H groups in total. The third-order valence-corrected chi connectivity index (χ3v) is 5.55. The van der Waals surface area contributed by atoms with Crippen molar-refractivity contribution >= 4 is 27.6 Å². The number of hydrogen-bond donors (Lipinski definition) is 0. The minimum atomic E-state index is 0.114. The predicted octanol–water partition coefficient (Wildman–Crippen LogP) is 6.00. The van der Waals surface area contributed by atoms with Crippen LogP contribution in [0.3, 0.4) is 0 Å². The van der Waals surface area contributed by atoms with Crippen molar-refractivity contribution in [1.29, 1.82) is 0 Å². The monoisotopic (exact) mass is 345 g/mol. The normalized spacial score (nSPS) is 12.5. The highest BCUT2D eigenvalue weighted by molar-refractivity contribution is 6.22. The number of rotatable bonds is 1. The molecule has 1 aliphatic rings. The fourth-order valence-electron chi connectivity index (χ4n) is 4.36. The van der Waals surface area contributed by atoms with Crippen LogP contribution in [0.2, 0.25) is 0 Å². The van der Waals surface area contributed by atoms with E-state index >= 15 is 0 Å². The first-order valence-corrected chi connectivity index (χ1v) is 9.10. The van der Waals surface area contributed by atoms with E-state index in [0.29, 0.717) is 0 Å². The van der Waals surface area contributed by atoms with Crippen molar-refractivity contribution in [2.75, 3.05) is 0 Å². The van der Waals surface area contributed by atoms with Crippen molar-refractivity contribution in [3.8, 4) is 16.8 Å². The summed E-state index contributed by atoms with van der Waals surface area (Å²) in [6, 6.07) is 30.9. The third-order valence-electron chi connectivity index (χ3n) is 5.55. The predicted molar refractivity (Wildman–Crippen MR) is 110 cm³/mol. The standard InChI is InChI=1S/C25H15NO/c27-25-21-10-2-1-7-17(21)18-14-13-16(15-22(18)25)26-23-11-5-3-8-19(23)20-9-4-6-12-24(20)26/h1-15H. The summed E-state index contributed by atoms with van der Waals surface area (Å²) in [5, 5.41) is 2.45. The minimum absolute atomic E-state index is 0.114. The van der Waals surface area contributed by atoms with Crippen molar-refractivity contribution < 1.29 is 4.79 Å². The van der Waals surface area contributed by atoms with E-state index in [1.54, 1.807) is 0 Å². The molecule has 5 aromatic rings. The molecule has 2 nitrogen and oxygen atoms in total. The molecular weight excluding hydrogens is 330 g/mol. The van der Waals surface area contributed by atoms with Crippen molar-refractivity contribution in [2.24, 2.45) is 0 Å². The summed E-state index contributed by atoms with van der Waals surface area (Å²) in [6.45, 7) is 0. The SMILES string of the molecule is O=C1c2ccccc2-c2ccc(-n3c4ccccc4c4ccccc43)cc21. The van der Waals surface area contributed by atoms with Gasteiger partial charge in [0, 0.05) is 27.6 Å². The van der Waals surface area contributed by atoms with Crippen LogP contribution in [0, 0.1) is 0 Å². The number of para-hydroxylation sites is 2. The second kappa shape index (κ2) is 5.18. The lowest BCUT2D eigenvalue weighted by molar-refractivity contribution is 0.104. The zero-order valence-electron chi connectivity index (χ0n) is 14.5. The molecule has 27 heavy (non-hydrogen) atoms. The van der Waals surface area contributed by atoms with Crippen molar-refractivity contribution in [3.63, 3.8) is 0 Å². The van der Waals surface area contributed by atoms with E-state index in [9.17, 15) is 4.79 Å². The summed E-state index contributed by atoms with van der Waals surface area (Å²) < 4.78 is 2.25. The quantitative estimate of drug-likeness (QED) is 0.358. The zero-order chi connectivity index (χ0) is 18.0. The first kappa shape index (κ1) is 14.5. The average Bonchev–Trinajstić information content (AvgIpc) is 3.21. The fraction of sp³-hybridized carbons (Fsp3) is 0. The van der Waals surface area contributed by atoms with Gasteiger partial charge in [0.2, 0.25) is 0 Å². The largest absolute Gasteiger partial charge is 0.309 e. The molecule has 0 radical (unpaired) electrons. The molecule has 0 amide bonds. The number of carbonyl (C=O) groups excluding carboxylic acids is 1. The Balaban J connectivity index is 1.67. The van der Waals surface area contributed by atoms with Crippen molar-refractivity contribution in [2.45, 2.75) is 0 Å². The molecule has 0 spiro atoms. The Morgan fingerprint density at radius 3 is 1.78 bits per heavy atom. The summed E-state index contributed by atoms with van der Waals surface area (Å²) in [6.07, 6.45) is 0. The van der Waals surface area contributed by atoms with E-state index in [1.165, 1.54) is 10.8 Å². The van der Waals surface area contributed by atoms with Crippen LogP contribution >= 0.6 is 0 Å². The molecule has 0 fully saturated rings. The van der Waals surface area contributed by atoms with Crippen LogP contribution in [0.15, 0.2) is 91.0 Å². The van der Waals surface area contributed by atoms with Gasteiger partial charge in [0.25, 0.3) is 0 Å². The number of aromatic nitrogens is 1. The summed E-state index contributed by atoms with van der Waals surface area (Å²) in [5.74, 6) is 0.114. The first-order chi connectivity index (χ1) is 13.3. The van der Waals surface area contributed by atoms with Crippen LogP contribution in [-0.2, 0) is 0 Å². The highest BCUT2D eigenvalue weighted by Crippen LogP contribution is 2.39. The number of carbonyl (C=O) groups is 1. The molecule has 126 valence electrons. The molecule has 1 heterocycles. The molecule has 6 rings (SSSR count). The van der Waals surface area contributed by atoms with E-state index in [0.717, 1.165) is 39.0 Å². The maximum Gasteiger partial charge on any atom is 0.194 e. The summed E-state index contributed by atoms with van der Waals surface area (Å²) in [7, 11) is 0. The molecule has 0 bridgehead atoms. The highest BCUT2D eigenvalue weighted by atomic mass is 16.1. The number of hydrogen-bond acceptors (Lipinski definition) is 1. The van der Waals surface area contributed by atoms with Crippen molar-refractivity contribution in [3.05, 3.63) is 102 Å². The number of fused-ring (bicyclic) bond motifs is 6. The van der Waals surface area contributed by atoms with Gasteiger partial charge in [-0.25, -0.2) is 0 Å². The average molecular weight is 345 g/mol. The summed E-state index contributed by atoms with van der Waals surface area (Å²) in [5.41, 5.74) is 6.98. The molecule has 1 aromatic heterocycles. The molecule has 2 heteroatoms. The number of nitrogens with zero attached hydrogens (tertiary/aromatic N) is 1. The molecule has 0 unspecified atom stereocenters. The van der Waals surface area contributed by atoms with E-state index < -0.39 is 0 Å². The van der Waals surface area contributed by atoms with Gasteiger partial charge < -0.3 is 4.57 Å². The van der Waals surface area contributed by atoms with Gasteiger partial charge in [0.05, 0.1) is 11.0 Å². The van der Waals surface area contributed by atoms with E-state index in [4.69, 9.17) is 0 Å². The Labute approximate surface area is 156 Å². The van der Waals surface area contributed by atoms with Gasteiger partial charge >= 0.3 is 0 Å². The maximum absolute atomic E-state index is 12.9. The topological polar surface area (TPSA) is 22.0 Å². The van der Waals surface area contributed by atoms with Gasteiger partial charge in [0.1, 0.15) is 0 Å². The number of benzene rings is 4.